The van der Waals surface area contributed by atoms with Crippen LogP contribution in [0.4, 0.5) is 4.39 Å². The lowest BCUT2D eigenvalue weighted by Crippen LogP contribution is -2.28. The van der Waals surface area contributed by atoms with Gasteiger partial charge in [-0.1, -0.05) is 18.2 Å². The molecule has 1 aliphatic rings. The number of hydrogen-bond acceptors (Lipinski definition) is 2. The SMILES string of the molecule is O=c1c2ccc(-c3cccc(F)c3)cc2nc2n1CCCC2. The number of benzene rings is 2. The Hall–Kier alpha value is -2.49. The van der Waals surface area contributed by atoms with Gasteiger partial charge in [0.1, 0.15) is 11.6 Å². The first kappa shape index (κ1) is 13.2. The molecule has 3 aromatic rings. The fourth-order valence-corrected chi connectivity index (χ4v) is 3.09. The van der Waals surface area contributed by atoms with Crippen molar-refractivity contribution >= 4 is 10.9 Å². The first-order valence-corrected chi connectivity index (χ1v) is 7.52. The van der Waals surface area contributed by atoms with Gasteiger partial charge in [-0.15, -0.1) is 0 Å². The Labute approximate surface area is 127 Å². The summed E-state index contributed by atoms with van der Waals surface area (Å²) in [5, 5.41) is 0.630. The van der Waals surface area contributed by atoms with Crippen LogP contribution >= 0.6 is 0 Å². The van der Waals surface area contributed by atoms with Gasteiger partial charge >= 0.3 is 0 Å². The Morgan fingerprint density at radius 1 is 1.05 bits per heavy atom. The molecule has 1 aliphatic heterocycles. The second kappa shape index (κ2) is 5.05. The standard InChI is InChI=1S/C18H15FN2O/c19-14-5-3-4-12(10-14)13-7-8-15-16(11-13)20-17-6-1-2-9-21(17)18(15)22/h3-5,7-8,10-11H,1-2,6,9H2. The highest BCUT2D eigenvalue weighted by molar-refractivity contribution is 5.83. The lowest BCUT2D eigenvalue weighted by molar-refractivity contribution is 0.501. The number of hydrogen-bond donors (Lipinski definition) is 0. The molecule has 0 spiro atoms. The van der Waals surface area contributed by atoms with Crippen LogP contribution in [0.3, 0.4) is 0 Å². The molecule has 2 heterocycles. The van der Waals surface area contributed by atoms with E-state index >= 15 is 0 Å². The van der Waals surface area contributed by atoms with Crippen molar-refractivity contribution in [2.45, 2.75) is 25.8 Å². The largest absolute Gasteiger partial charge is 0.296 e. The highest BCUT2D eigenvalue weighted by Gasteiger charge is 2.14. The molecule has 0 saturated heterocycles. The smallest absolute Gasteiger partial charge is 0.261 e. The predicted molar refractivity (Wildman–Crippen MR) is 84.3 cm³/mol. The maximum absolute atomic E-state index is 13.4. The summed E-state index contributed by atoms with van der Waals surface area (Å²) in [4.78, 5) is 17.2. The zero-order valence-corrected chi connectivity index (χ0v) is 12.1. The summed E-state index contributed by atoms with van der Waals surface area (Å²) in [7, 11) is 0. The monoisotopic (exact) mass is 294 g/mol. The number of aryl methyl sites for hydroxylation is 1. The van der Waals surface area contributed by atoms with Crippen molar-refractivity contribution in [3.05, 3.63) is 64.5 Å². The summed E-state index contributed by atoms with van der Waals surface area (Å²) >= 11 is 0. The van der Waals surface area contributed by atoms with Gasteiger partial charge in [0, 0.05) is 13.0 Å². The van der Waals surface area contributed by atoms with E-state index in [2.05, 4.69) is 4.98 Å². The molecule has 2 aromatic carbocycles. The first-order chi connectivity index (χ1) is 10.7. The Morgan fingerprint density at radius 2 is 1.91 bits per heavy atom. The van der Waals surface area contributed by atoms with Gasteiger partial charge in [-0.3, -0.25) is 9.36 Å². The topological polar surface area (TPSA) is 34.9 Å². The molecule has 0 radical (unpaired) electrons. The summed E-state index contributed by atoms with van der Waals surface area (Å²) in [6.07, 6.45) is 2.94. The Bertz CT molecular complexity index is 930. The van der Waals surface area contributed by atoms with Gasteiger partial charge in [-0.2, -0.15) is 0 Å². The molecule has 22 heavy (non-hydrogen) atoms. The number of nitrogens with zero attached hydrogens (tertiary/aromatic N) is 2. The molecular weight excluding hydrogens is 279 g/mol. The molecule has 0 unspecified atom stereocenters. The summed E-state index contributed by atoms with van der Waals surface area (Å²) in [6, 6.07) is 12.0. The van der Waals surface area contributed by atoms with Gasteiger partial charge in [-0.25, -0.2) is 9.37 Å². The van der Waals surface area contributed by atoms with Crippen LogP contribution in [0.15, 0.2) is 47.3 Å². The third kappa shape index (κ3) is 2.11. The van der Waals surface area contributed by atoms with E-state index in [1.54, 1.807) is 16.7 Å². The maximum Gasteiger partial charge on any atom is 0.261 e. The second-order valence-electron chi connectivity index (χ2n) is 5.68. The molecule has 0 N–H and O–H groups in total. The van der Waals surface area contributed by atoms with Crippen LogP contribution in [0.1, 0.15) is 18.7 Å². The molecule has 4 heteroatoms. The predicted octanol–water partition coefficient (Wildman–Crippen LogP) is 3.54. The van der Waals surface area contributed by atoms with Crippen molar-refractivity contribution < 1.29 is 4.39 Å². The maximum atomic E-state index is 13.4. The van der Waals surface area contributed by atoms with Gasteiger partial charge in [0.2, 0.25) is 0 Å². The van der Waals surface area contributed by atoms with Gasteiger partial charge in [-0.05, 0) is 48.2 Å². The Morgan fingerprint density at radius 3 is 2.77 bits per heavy atom. The van der Waals surface area contributed by atoms with Crippen LogP contribution in [-0.4, -0.2) is 9.55 Å². The van der Waals surface area contributed by atoms with Crippen molar-refractivity contribution in [2.75, 3.05) is 0 Å². The minimum atomic E-state index is -0.268. The molecule has 0 fully saturated rings. The molecule has 0 amide bonds. The molecule has 0 saturated carbocycles. The Kier molecular flexibility index (Phi) is 3.03. The number of fused-ring (bicyclic) bond motifs is 2. The van der Waals surface area contributed by atoms with E-state index in [9.17, 15) is 9.18 Å². The molecule has 110 valence electrons. The number of aromatic nitrogens is 2. The summed E-state index contributed by atoms with van der Waals surface area (Å²) in [5.41, 5.74) is 2.39. The van der Waals surface area contributed by atoms with Crippen molar-refractivity contribution in [1.29, 1.82) is 0 Å². The van der Waals surface area contributed by atoms with Gasteiger partial charge in [0.25, 0.3) is 5.56 Å². The molecule has 1 aromatic heterocycles. The highest BCUT2D eigenvalue weighted by Crippen LogP contribution is 2.24. The third-order valence-corrected chi connectivity index (χ3v) is 4.22. The zero-order chi connectivity index (χ0) is 15.1. The molecule has 3 nitrogen and oxygen atoms in total. The fourth-order valence-electron chi connectivity index (χ4n) is 3.09. The zero-order valence-electron chi connectivity index (χ0n) is 12.1. The summed E-state index contributed by atoms with van der Waals surface area (Å²) in [6.45, 7) is 0.753. The van der Waals surface area contributed by atoms with Gasteiger partial charge < -0.3 is 0 Å². The van der Waals surface area contributed by atoms with Crippen LogP contribution in [0, 0.1) is 5.82 Å². The van der Waals surface area contributed by atoms with E-state index in [4.69, 9.17) is 0 Å². The average Bonchev–Trinajstić information content (AvgIpc) is 2.55. The van der Waals surface area contributed by atoms with E-state index < -0.39 is 0 Å². The molecule has 0 bridgehead atoms. The van der Waals surface area contributed by atoms with Gasteiger partial charge in [0.15, 0.2) is 0 Å². The van der Waals surface area contributed by atoms with Gasteiger partial charge in [0.05, 0.1) is 10.9 Å². The lowest BCUT2D eigenvalue weighted by Gasteiger charge is -2.18. The molecule has 0 atom stereocenters. The van der Waals surface area contributed by atoms with Crippen LogP contribution in [0.5, 0.6) is 0 Å². The van der Waals surface area contributed by atoms with E-state index in [0.717, 1.165) is 42.8 Å². The third-order valence-electron chi connectivity index (χ3n) is 4.22. The number of rotatable bonds is 1. The van der Waals surface area contributed by atoms with Crippen LogP contribution in [0.2, 0.25) is 0 Å². The quantitative estimate of drug-likeness (QED) is 0.688. The van der Waals surface area contributed by atoms with Crippen molar-refractivity contribution in [2.24, 2.45) is 0 Å². The van der Waals surface area contributed by atoms with Crippen molar-refractivity contribution in [1.82, 2.24) is 9.55 Å². The normalized spacial score (nSPS) is 14.0. The van der Waals surface area contributed by atoms with Crippen molar-refractivity contribution in [3.63, 3.8) is 0 Å². The van der Waals surface area contributed by atoms with Crippen LogP contribution in [-0.2, 0) is 13.0 Å². The van der Waals surface area contributed by atoms with E-state index in [1.165, 1.54) is 12.1 Å². The van der Waals surface area contributed by atoms with Crippen LogP contribution in [0.25, 0.3) is 22.0 Å². The number of halogens is 1. The lowest BCUT2D eigenvalue weighted by atomic mass is 10.0. The molecule has 4 rings (SSSR count). The van der Waals surface area contributed by atoms with Crippen molar-refractivity contribution in [3.8, 4) is 11.1 Å². The minimum Gasteiger partial charge on any atom is -0.296 e. The minimum absolute atomic E-state index is 0.0329. The molecular formula is C18H15FN2O. The average molecular weight is 294 g/mol. The van der Waals surface area contributed by atoms with E-state index in [-0.39, 0.29) is 11.4 Å². The Balaban J connectivity index is 1.93. The fraction of sp³-hybridized carbons (Fsp3) is 0.222. The molecule has 0 aliphatic carbocycles. The van der Waals surface area contributed by atoms with E-state index in [0.29, 0.717) is 10.9 Å². The first-order valence-electron chi connectivity index (χ1n) is 7.52. The summed E-state index contributed by atoms with van der Waals surface area (Å²) in [5.74, 6) is 0.594. The van der Waals surface area contributed by atoms with Crippen LogP contribution < -0.4 is 5.56 Å². The summed E-state index contributed by atoms with van der Waals surface area (Å²) < 4.78 is 15.2. The second-order valence-corrected chi connectivity index (χ2v) is 5.68. The highest BCUT2D eigenvalue weighted by atomic mass is 19.1. The van der Waals surface area contributed by atoms with E-state index in [1.807, 2.05) is 18.2 Å².